The number of aryl methyl sites for hydroxylation is 1. The van der Waals surface area contributed by atoms with Crippen LogP contribution in [-0.4, -0.2) is 18.8 Å². The average molecular weight is 267 g/mol. The van der Waals surface area contributed by atoms with Crippen molar-refractivity contribution in [2.24, 2.45) is 5.73 Å². The van der Waals surface area contributed by atoms with Gasteiger partial charge in [0.1, 0.15) is 0 Å². The third-order valence-corrected chi connectivity index (χ3v) is 4.36. The van der Waals surface area contributed by atoms with E-state index in [-0.39, 0.29) is 11.2 Å². The standard InChI is InChI=1S/C15H22FNO2/c1-10-8-11(12(16)13(18)14(10)19-2)15(9-17)6-4-3-5-7-15/h8,18H,3-7,9,17H2,1-2H3. The lowest BCUT2D eigenvalue weighted by Crippen LogP contribution is -2.38. The summed E-state index contributed by atoms with van der Waals surface area (Å²) in [6, 6.07) is 1.78. The zero-order chi connectivity index (χ0) is 14.0. The molecule has 0 spiro atoms. The number of hydrogen-bond acceptors (Lipinski definition) is 3. The molecule has 0 saturated heterocycles. The van der Waals surface area contributed by atoms with Gasteiger partial charge < -0.3 is 15.6 Å². The predicted octanol–water partition coefficient (Wildman–Crippen LogP) is 3.01. The number of methoxy groups -OCH3 is 1. The molecule has 0 amide bonds. The Balaban J connectivity index is 2.55. The summed E-state index contributed by atoms with van der Waals surface area (Å²) in [5.74, 6) is -0.755. The molecular formula is C15H22FNO2. The first-order chi connectivity index (χ1) is 9.05. The highest BCUT2D eigenvalue weighted by Crippen LogP contribution is 2.44. The van der Waals surface area contributed by atoms with Gasteiger partial charge in [0.25, 0.3) is 0 Å². The Hall–Kier alpha value is -1.29. The molecule has 3 N–H and O–H groups in total. The number of hydrogen-bond donors (Lipinski definition) is 2. The summed E-state index contributed by atoms with van der Waals surface area (Å²) >= 11 is 0. The highest BCUT2D eigenvalue weighted by Gasteiger charge is 2.36. The smallest absolute Gasteiger partial charge is 0.194 e. The van der Waals surface area contributed by atoms with Crippen LogP contribution in [0.5, 0.6) is 11.5 Å². The molecule has 0 unspecified atom stereocenters. The van der Waals surface area contributed by atoms with Crippen LogP contribution in [0.2, 0.25) is 0 Å². The highest BCUT2D eigenvalue weighted by atomic mass is 19.1. The van der Waals surface area contributed by atoms with Crippen molar-refractivity contribution in [1.29, 1.82) is 0 Å². The van der Waals surface area contributed by atoms with Crippen molar-refractivity contribution in [2.75, 3.05) is 13.7 Å². The SMILES string of the molecule is COc1c(C)cc(C2(CN)CCCCC2)c(F)c1O. The van der Waals surface area contributed by atoms with E-state index in [0.717, 1.165) is 31.2 Å². The van der Waals surface area contributed by atoms with E-state index in [1.807, 2.05) is 6.92 Å². The first kappa shape index (κ1) is 14.1. The molecule has 2 rings (SSSR count). The second kappa shape index (κ2) is 5.37. The number of nitrogens with two attached hydrogens (primary N) is 1. The topological polar surface area (TPSA) is 55.5 Å². The maximum Gasteiger partial charge on any atom is 0.194 e. The summed E-state index contributed by atoms with van der Waals surface area (Å²) in [7, 11) is 1.43. The first-order valence-corrected chi connectivity index (χ1v) is 6.82. The second-order valence-electron chi connectivity index (χ2n) is 5.48. The quantitative estimate of drug-likeness (QED) is 0.885. The van der Waals surface area contributed by atoms with Gasteiger partial charge in [0.05, 0.1) is 7.11 Å². The Labute approximate surface area is 113 Å². The van der Waals surface area contributed by atoms with Crippen LogP contribution >= 0.6 is 0 Å². The Morgan fingerprint density at radius 2 is 2.00 bits per heavy atom. The van der Waals surface area contributed by atoms with Crippen LogP contribution in [0.3, 0.4) is 0 Å². The molecule has 1 aromatic carbocycles. The molecule has 1 saturated carbocycles. The fourth-order valence-electron chi connectivity index (χ4n) is 3.21. The molecule has 0 heterocycles. The molecule has 1 fully saturated rings. The van der Waals surface area contributed by atoms with Crippen LogP contribution in [-0.2, 0) is 5.41 Å². The number of benzene rings is 1. The molecule has 0 aromatic heterocycles. The molecule has 1 aliphatic rings. The minimum absolute atomic E-state index is 0.212. The number of phenols is 1. The van der Waals surface area contributed by atoms with E-state index in [1.165, 1.54) is 13.5 Å². The van der Waals surface area contributed by atoms with Gasteiger partial charge in [-0.3, -0.25) is 0 Å². The van der Waals surface area contributed by atoms with E-state index in [4.69, 9.17) is 10.5 Å². The van der Waals surface area contributed by atoms with E-state index in [9.17, 15) is 9.50 Å². The number of phenolic OH excluding ortho intramolecular Hbond substituents is 1. The maximum absolute atomic E-state index is 14.5. The van der Waals surface area contributed by atoms with Crippen LogP contribution in [0.4, 0.5) is 4.39 Å². The molecule has 4 heteroatoms. The monoisotopic (exact) mass is 267 g/mol. The highest BCUT2D eigenvalue weighted by molar-refractivity contribution is 5.51. The first-order valence-electron chi connectivity index (χ1n) is 6.82. The van der Waals surface area contributed by atoms with Gasteiger partial charge in [-0.05, 0) is 37.0 Å². The van der Waals surface area contributed by atoms with Crippen LogP contribution in [0.1, 0.15) is 43.2 Å². The van der Waals surface area contributed by atoms with Crippen molar-refractivity contribution in [3.8, 4) is 11.5 Å². The predicted molar refractivity (Wildman–Crippen MR) is 73.2 cm³/mol. The van der Waals surface area contributed by atoms with Gasteiger partial charge in [0.2, 0.25) is 0 Å². The van der Waals surface area contributed by atoms with E-state index in [1.54, 1.807) is 6.07 Å². The summed E-state index contributed by atoms with van der Waals surface area (Å²) < 4.78 is 19.5. The van der Waals surface area contributed by atoms with Crippen molar-refractivity contribution in [3.63, 3.8) is 0 Å². The molecule has 0 radical (unpaired) electrons. The largest absolute Gasteiger partial charge is 0.502 e. The zero-order valence-corrected chi connectivity index (χ0v) is 11.6. The van der Waals surface area contributed by atoms with Crippen molar-refractivity contribution < 1.29 is 14.2 Å². The minimum atomic E-state index is -0.574. The minimum Gasteiger partial charge on any atom is -0.502 e. The lowest BCUT2D eigenvalue weighted by atomic mass is 9.69. The molecular weight excluding hydrogens is 245 g/mol. The molecule has 1 aromatic rings. The van der Waals surface area contributed by atoms with Gasteiger partial charge in [-0.2, -0.15) is 0 Å². The van der Waals surface area contributed by atoms with Gasteiger partial charge in [-0.25, -0.2) is 4.39 Å². The average Bonchev–Trinajstić information content (AvgIpc) is 2.44. The summed E-state index contributed by atoms with van der Waals surface area (Å²) in [5, 5.41) is 9.96. The summed E-state index contributed by atoms with van der Waals surface area (Å²) in [6.07, 6.45) is 5.05. The van der Waals surface area contributed by atoms with Crippen LogP contribution in [0.15, 0.2) is 6.07 Å². The Bertz CT molecular complexity index is 468. The van der Waals surface area contributed by atoms with E-state index in [2.05, 4.69) is 0 Å². The summed E-state index contributed by atoms with van der Waals surface area (Å²) in [6.45, 7) is 2.23. The van der Waals surface area contributed by atoms with E-state index >= 15 is 0 Å². The number of halogens is 1. The van der Waals surface area contributed by atoms with Gasteiger partial charge in [0.15, 0.2) is 17.3 Å². The third-order valence-electron chi connectivity index (χ3n) is 4.36. The number of rotatable bonds is 3. The fraction of sp³-hybridized carbons (Fsp3) is 0.600. The van der Waals surface area contributed by atoms with Crippen molar-refractivity contribution >= 4 is 0 Å². The van der Waals surface area contributed by atoms with Crippen molar-refractivity contribution in [3.05, 3.63) is 23.0 Å². The van der Waals surface area contributed by atoms with Crippen molar-refractivity contribution in [1.82, 2.24) is 0 Å². The number of ether oxygens (including phenoxy) is 1. The van der Waals surface area contributed by atoms with Gasteiger partial charge in [-0.1, -0.05) is 19.3 Å². The third kappa shape index (κ3) is 2.29. The van der Waals surface area contributed by atoms with Gasteiger partial charge >= 0.3 is 0 Å². The van der Waals surface area contributed by atoms with Crippen molar-refractivity contribution in [2.45, 2.75) is 44.4 Å². The zero-order valence-electron chi connectivity index (χ0n) is 11.6. The molecule has 0 bridgehead atoms. The van der Waals surface area contributed by atoms with E-state index < -0.39 is 11.6 Å². The number of aromatic hydroxyl groups is 1. The summed E-state index contributed by atoms with van der Waals surface area (Å²) in [4.78, 5) is 0. The lowest BCUT2D eigenvalue weighted by Gasteiger charge is -2.37. The molecule has 0 atom stereocenters. The molecule has 19 heavy (non-hydrogen) atoms. The molecule has 1 aliphatic carbocycles. The Morgan fingerprint density at radius 3 is 2.53 bits per heavy atom. The summed E-state index contributed by atoms with van der Waals surface area (Å²) in [5.41, 5.74) is 6.89. The second-order valence-corrected chi connectivity index (χ2v) is 5.48. The fourth-order valence-corrected chi connectivity index (χ4v) is 3.21. The van der Waals surface area contributed by atoms with Gasteiger partial charge in [0, 0.05) is 12.0 Å². The van der Waals surface area contributed by atoms with Crippen LogP contribution in [0.25, 0.3) is 0 Å². The maximum atomic E-state index is 14.5. The Morgan fingerprint density at radius 1 is 1.37 bits per heavy atom. The van der Waals surface area contributed by atoms with Crippen LogP contribution < -0.4 is 10.5 Å². The normalized spacial score (nSPS) is 18.3. The molecule has 106 valence electrons. The lowest BCUT2D eigenvalue weighted by molar-refractivity contribution is 0.284. The van der Waals surface area contributed by atoms with E-state index in [0.29, 0.717) is 12.1 Å². The molecule has 0 aliphatic heterocycles. The van der Waals surface area contributed by atoms with Gasteiger partial charge in [-0.15, -0.1) is 0 Å². The molecule has 3 nitrogen and oxygen atoms in total. The Kier molecular flexibility index (Phi) is 3.99. The van der Waals surface area contributed by atoms with Crippen LogP contribution in [0, 0.1) is 12.7 Å².